The summed E-state index contributed by atoms with van der Waals surface area (Å²) in [5.74, 6) is 0.146. The van der Waals surface area contributed by atoms with Crippen LogP contribution in [0.15, 0.2) is 59.5 Å². The van der Waals surface area contributed by atoms with Crippen molar-refractivity contribution >= 4 is 55.6 Å². The third-order valence-corrected chi connectivity index (χ3v) is 5.23. The molecule has 0 aliphatic heterocycles. The highest BCUT2D eigenvalue weighted by atomic mass is 79.9. The third-order valence-electron chi connectivity index (χ3n) is 4.30. The molecular weight excluding hydrogens is 474 g/mol. The summed E-state index contributed by atoms with van der Waals surface area (Å²) in [6.45, 7) is 1.83. The summed E-state index contributed by atoms with van der Waals surface area (Å²) in [6.07, 6.45) is 2.82. The molecule has 1 N–H and O–H groups in total. The molecule has 2 aromatic heterocycles. The van der Waals surface area contributed by atoms with Crippen molar-refractivity contribution in [1.29, 1.82) is 0 Å². The topological polar surface area (TPSA) is 103 Å². The van der Waals surface area contributed by atoms with Crippen LogP contribution >= 0.6 is 27.5 Å². The van der Waals surface area contributed by atoms with Crippen molar-refractivity contribution in [3.63, 3.8) is 0 Å². The van der Waals surface area contributed by atoms with E-state index in [1.165, 1.54) is 6.33 Å². The van der Waals surface area contributed by atoms with Crippen LogP contribution in [-0.2, 0) is 0 Å². The van der Waals surface area contributed by atoms with E-state index in [0.717, 1.165) is 15.4 Å². The van der Waals surface area contributed by atoms with Gasteiger partial charge in [0.2, 0.25) is 5.82 Å². The maximum Gasteiger partial charge on any atom is 0.373 e. The normalized spacial score (nSPS) is 10.8. The summed E-state index contributed by atoms with van der Waals surface area (Å²) in [4.78, 5) is 23.6. The van der Waals surface area contributed by atoms with Crippen LogP contribution in [0.5, 0.6) is 11.6 Å². The van der Waals surface area contributed by atoms with Crippen LogP contribution in [-0.4, -0.2) is 19.9 Å². The Balaban J connectivity index is 1.77. The van der Waals surface area contributed by atoms with E-state index in [1.807, 2.05) is 13.0 Å². The van der Waals surface area contributed by atoms with Gasteiger partial charge in [-0.1, -0.05) is 33.6 Å². The molecule has 4 rings (SSSR count). The molecule has 30 heavy (non-hydrogen) atoms. The Morgan fingerprint density at radius 3 is 2.77 bits per heavy atom. The molecule has 0 aliphatic carbocycles. The van der Waals surface area contributed by atoms with Gasteiger partial charge in [-0.15, -0.1) is 0 Å². The molecule has 0 radical (unpaired) electrons. The number of aromatic nitrogens is 3. The van der Waals surface area contributed by atoms with Gasteiger partial charge in [-0.3, -0.25) is 15.1 Å². The molecule has 0 aliphatic rings. The fourth-order valence-corrected chi connectivity index (χ4v) is 3.57. The highest BCUT2D eigenvalue weighted by Crippen LogP contribution is 2.38. The van der Waals surface area contributed by atoms with Crippen molar-refractivity contribution in [2.45, 2.75) is 6.92 Å². The van der Waals surface area contributed by atoms with Crippen molar-refractivity contribution in [3.8, 4) is 11.6 Å². The first-order valence-electron chi connectivity index (χ1n) is 8.67. The summed E-state index contributed by atoms with van der Waals surface area (Å²) < 4.78 is 6.66. The number of nitro groups is 1. The van der Waals surface area contributed by atoms with Crippen molar-refractivity contribution in [3.05, 3.63) is 80.2 Å². The van der Waals surface area contributed by atoms with E-state index < -0.39 is 4.92 Å². The number of hydrogen-bond acceptors (Lipinski definition) is 7. The van der Waals surface area contributed by atoms with Crippen LogP contribution in [0.2, 0.25) is 5.02 Å². The zero-order chi connectivity index (χ0) is 21.3. The Morgan fingerprint density at radius 1 is 1.17 bits per heavy atom. The lowest BCUT2D eigenvalue weighted by atomic mass is 10.2. The highest BCUT2D eigenvalue weighted by Gasteiger charge is 2.26. The summed E-state index contributed by atoms with van der Waals surface area (Å²) >= 11 is 9.45. The van der Waals surface area contributed by atoms with Crippen LogP contribution in [0.1, 0.15) is 5.56 Å². The second-order valence-electron chi connectivity index (χ2n) is 6.26. The van der Waals surface area contributed by atoms with E-state index in [2.05, 4.69) is 36.2 Å². The number of fused-ring (bicyclic) bond motifs is 1. The number of rotatable bonds is 5. The number of nitrogens with one attached hydrogen (secondary N) is 1. The molecule has 0 saturated heterocycles. The van der Waals surface area contributed by atoms with E-state index in [1.54, 1.807) is 42.6 Å². The Morgan fingerprint density at radius 2 is 2.00 bits per heavy atom. The first-order valence-corrected chi connectivity index (χ1v) is 9.85. The highest BCUT2D eigenvalue weighted by molar-refractivity contribution is 9.10. The maximum absolute atomic E-state index is 11.8. The predicted octanol–water partition coefficient (Wildman–Crippen LogP) is 6.19. The number of anilines is 2. The lowest BCUT2D eigenvalue weighted by molar-refractivity contribution is -0.385. The van der Waals surface area contributed by atoms with E-state index in [-0.39, 0.29) is 17.4 Å². The molecule has 0 bridgehead atoms. The first kappa shape index (κ1) is 20.0. The second-order valence-corrected chi connectivity index (χ2v) is 7.56. The van der Waals surface area contributed by atoms with Gasteiger partial charge < -0.3 is 10.1 Å². The average molecular weight is 487 g/mol. The predicted molar refractivity (Wildman–Crippen MR) is 118 cm³/mol. The number of ether oxygens (including phenoxy) is 1. The van der Waals surface area contributed by atoms with Gasteiger partial charge in [-0.2, -0.15) is 4.98 Å². The molecule has 0 fully saturated rings. The summed E-state index contributed by atoms with van der Waals surface area (Å²) in [5, 5.41) is 16.2. The molecule has 0 saturated carbocycles. The summed E-state index contributed by atoms with van der Waals surface area (Å²) in [5.41, 5.74) is 1.59. The van der Waals surface area contributed by atoms with Crippen molar-refractivity contribution in [2.24, 2.45) is 0 Å². The summed E-state index contributed by atoms with van der Waals surface area (Å²) in [7, 11) is 0. The zero-order valence-corrected chi connectivity index (χ0v) is 17.8. The van der Waals surface area contributed by atoms with E-state index >= 15 is 0 Å². The molecule has 0 unspecified atom stereocenters. The lowest BCUT2D eigenvalue weighted by Crippen LogP contribution is -2.04. The van der Waals surface area contributed by atoms with Crippen LogP contribution in [0.3, 0.4) is 0 Å². The minimum Gasteiger partial charge on any atom is -0.431 e. The van der Waals surface area contributed by atoms with Crippen LogP contribution in [0, 0.1) is 17.0 Å². The van der Waals surface area contributed by atoms with Gasteiger partial charge in [-0.05, 0) is 48.9 Å². The molecule has 0 amide bonds. The first-order chi connectivity index (χ1) is 14.4. The average Bonchev–Trinajstić information content (AvgIpc) is 2.72. The van der Waals surface area contributed by atoms with Crippen LogP contribution in [0.4, 0.5) is 17.2 Å². The maximum atomic E-state index is 11.8. The van der Waals surface area contributed by atoms with Gasteiger partial charge in [0.15, 0.2) is 5.75 Å². The fourth-order valence-electron chi connectivity index (χ4n) is 2.89. The number of benzene rings is 2. The van der Waals surface area contributed by atoms with Crippen LogP contribution < -0.4 is 10.1 Å². The Kier molecular flexibility index (Phi) is 5.47. The fraction of sp³-hybridized carbons (Fsp3) is 0.0500. The van der Waals surface area contributed by atoms with Gasteiger partial charge in [0, 0.05) is 26.8 Å². The van der Waals surface area contributed by atoms with Crippen molar-refractivity contribution < 1.29 is 9.66 Å². The molecule has 4 aromatic rings. The number of pyridine rings is 1. The van der Waals surface area contributed by atoms with E-state index in [0.29, 0.717) is 22.0 Å². The number of hydrogen-bond donors (Lipinski definition) is 1. The molecule has 8 nitrogen and oxygen atoms in total. The Bertz CT molecular complexity index is 1280. The third kappa shape index (κ3) is 3.89. The lowest BCUT2D eigenvalue weighted by Gasteiger charge is -2.12. The molecule has 2 aromatic carbocycles. The van der Waals surface area contributed by atoms with E-state index in [4.69, 9.17) is 16.3 Å². The quantitative estimate of drug-likeness (QED) is 0.265. The molecule has 150 valence electrons. The van der Waals surface area contributed by atoms with Gasteiger partial charge in [0.25, 0.3) is 0 Å². The van der Waals surface area contributed by atoms with E-state index in [9.17, 15) is 10.1 Å². The number of halogens is 2. The van der Waals surface area contributed by atoms with Gasteiger partial charge in [0.1, 0.15) is 11.8 Å². The SMILES string of the molecule is Cc1cc(Cl)ccc1Nc1ncnc(Oc2ccc(Br)c3cccnc23)c1[N+](=O)[O-]. The molecular formula is C20H13BrClN5O3. The van der Waals surface area contributed by atoms with Crippen molar-refractivity contribution in [1.82, 2.24) is 15.0 Å². The second kappa shape index (κ2) is 8.21. The Labute approximate surface area is 184 Å². The minimum atomic E-state index is -0.586. The van der Waals surface area contributed by atoms with Gasteiger partial charge in [0.05, 0.1) is 4.92 Å². The monoisotopic (exact) mass is 485 g/mol. The van der Waals surface area contributed by atoms with Gasteiger partial charge >= 0.3 is 11.6 Å². The number of aryl methyl sites for hydroxylation is 1. The Hall–Kier alpha value is -3.30. The minimum absolute atomic E-state index is 0.00444. The van der Waals surface area contributed by atoms with Gasteiger partial charge in [-0.25, -0.2) is 4.98 Å². The van der Waals surface area contributed by atoms with Crippen LogP contribution in [0.25, 0.3) is 10.9 Å². The number of nitrogens with zero attached hydrogens (tertiary/aromatic N) is 4. The summed E-state index contributed by atoms with van der Waals surface area (Å²) in [6, 6.07) is 12.2. The molecule has 10 heteroatoms. The molecule has 2 heterocycles. The standard InChI is InChI=1S/C20H13BrClN5O3/c1-11-9-12(22)4-6-15(11)26-19-18(27(28)29)20(25-10-24-19)30-16-7-5-14(21)13-3-2-8-23-17(13)16/h2-10H,1H3,(H,24,25,26). The molecule has 0 spiro atoms. The molecule has 0 atom stereocenters. The largest absolute Gasteiger partial charge is 0.431 e. The zero-order valence-electron chi connectivity index (χ0n) is 15.5. The van der Waals surface area contributed by atoms with Crippen molar-refractivity contribution in [2.75, 3.05) is 5.32 Å². The smallest absolute Gasteiger partial charge is 0.373 e.